The summed E-state index contributed by atoms with van der Waals surface area (Å²) in [7, 11) is 0. The van der Waals surface area contributed by atoms with Crippen molar-refractivity contribution < 1.29 is 19.0 Å². The number of aryl methyl sites for hydroxylation is 2. The Labute approximate surface area is 186 Å². The number of carboxylic acid groups (broad SMARTS) is 1. The quantitative estimate of drug-likeness (QED) is 0.383. The predicted molar refractivity (Wildman–Crippen MR) is 116 cm³/mol. The molecule has 0 fully saturated rings. The van der Waals surface area contributed by atoms with Gasteiger partial charge in [-0.3, -0.25) is 0 Å². The number of rotatable bonds is 7. The van der Waals surface area contributed by atoms with Crippen LogP contribution in [0.5, 0.6) is 5.75 Å². The molecule has 0 bridgehead atoms. The molecule has 0 radical (unpaired) electrons. The van der Waals surface area contributed by atoms with Crippen molar-refractivity contribution in [1.29, 1.82) is 0 Å². The first kappa shape index (κ1) is 21.6. The van der Waals surface area contributed by atoms with E-state index in [0.717, 1.165) is 11.1 Å². The van der Waals surface area contributed by atoms with Gasteiger partial charge in [0.05, 0.1) is 10.0 Å². The molecule has 3 nitrogen and oxygen atoms in total. The minimum atomic E-state index is -0.956. The van der Waals surface area contributed by atoms with E-state index in [1.807, 2.05) is 6.07 Å². The molecule has 3 rings (SSSR count). The van der Waals surface area contributed by atoms with Gasteiger partial charge in [-0.15, -0.1) is 0 Å². The van der Waals surface area contributed by atoms with Gasteiger partial charge in [0, 0.05) is 15.6 Å². The molecule has 0 spiro atoms. The lowest BCUT2D eigenvalue weighted by Crippen LogP contribution is -2.02. The van der Waals surface area contributed by atoms with Crippen LogP contribution in [0.4, 0.5) is 4.39 Å². The average molecular weight is 498 g/mol. The molecule has 0 aliphatic carbocycles. The van der Waals surface area contributed by atoms with Crippen LogP contribution in [0, 0.1) is 5.82 Å². The normalized spacial score (nSPS) is 10.8. The van der Waals surface area contributed by atoms with E-state index in [0.29, 0.717) is 38.7 Å². The summed E-state index contributed by atoms with van der Waals surface area (Å²) in [6.07, 6.45) is 1.29. The highest BCUT2D eigenvalue weighted by molar-refractivity contribution is 9.10. The van der Waals surface area contributed by atoms with Crippen LogP contribution in [0.15, 0.2) is 59.1 Å². The molecular formula is C22H16BrCl2FO3. The smallest absolute Gasteiger partial charge is 0.335 e. The van der Waals surface area contributed by atoms with Crippen LogP contribution in [-0.4, -0.2) is 11.1 Å². The van der Waals surface area contributed by atoms with Crippen molar-refractivity contribution >= 4 is 45.1 Å². The van der Waals surface area contributed by atoms with Gasteiger partial charge in [-0.25, -0.2) is 9.18 Å². The SMILES string of the molecule is O=C(O)c1ccc(CCc2cc(Cl)cc(Br)c2OCc2cc(F)ccc2Cl)cc1. The summed E-state index contributed by atoms with van der Waals surface area (Å²) < 4.78 is 20.1. The van der Waals surface area contributed by atoms with Gasteiger partial charge >= 0.3 is 5.97 Å². The van der Waals surface area contributed by atoms with E-state index in [4.69, 9.17) is 33.0 Å². The summed E-state index contributed by atoms with van der Waals surface area (Å²) in [4.78, 5) is 11.0. The Morgan fingerprint density at radius 1 is 1.00 bits per heavy atom. The number of aromatic carboxylic acids is 1. The molecule has 0 aliphatic rings. The molecule has 0 saturated heterocycles. The molecular weight excluding hydrogens is 482 g/mol. The van der Waals surface area contributed by atoms with E-state index in [-0.39, 0.29) is 18.0 Å². The fourth-order valence-corrected chi connectivity index (χ4v) is 4.02. The number of halogens is 4. The van der Waals surface area contributed by atoms with Crippen LogP contribution < -0.4 is 4.74 Å². The van der Waals surface area contributed by atoms with Gasteiger partial charge in [-0.2, -0.15) is 0 Å². The Balaban J connectivity index is 1.77. The molecule has 0 saturated carbocycles. The molecule has 0 unspecified atom stereocenters. The third kappa shape index (κ3) is 5.72. The van der Waals surface area contributed by atoms with Crippen molar-refractivity contribution in [3.8, 4) is 5.75 Å². The van der Waals surface area contributed by atoms with Crippen molar-refractivity contribution in [1.82, 2.24) is 0 Å². The number of hydrogen-bond acceptors (Lipinski definition) is 2. The minimum absolute atomic E-state index is 0.108. The monoisotopic (exact) mass is 496 g/mol. The fourth-order valence-electron chi connectivity index (χ4n) is 2.86. The summed E-state index contributed by atoms with van der Waals surface area (Å²) in [5.74, 6) is -0.730. The van der Waals surface area contributed by atoms with Crippen molar-refractivity contribution in [2.45, 2.75) is 19.4 Å². The fraction of sp³-hybridized carbons (Fsp3) is 0.136. The maximum absolute atomic E-state index is 13.5. The van der Waals surface area contributed by atoms with Gasteiger partial charge in [0.25, 0.3) is 0 Å². The largest absolute Gasteiger partial charge is 0.487 e. The van der Waals surface area contributed by atoms with Crippen LogP contribution in [0.3, 0.4) is 0 Å². The van der Waals surface area contributed by atoms with Gasteiger partial charge in [0.1, 0.15) is 18.2 Å². The molecule has 0 atom stereocenters. The second-order valence-electron chi connectivity index (χ2n) is 6.40. The van der Waals surface area contributed by atoms with Gasteiger partial charge in [-0.05, 0) is 82.4 Å². The molecule has 7 heteroatoms. The van der Waals surface area contributed by atoms with Crippen molar-refractivity contribution in [2.24, 2.45) is 0 Å². The Morgan fingerprint density at radius 3 is 2.41 bits per heavy atom. The lowest BCUT2D eigenvalue weighted by atomic mass is 10.0. The number of carboxylic acids is 1. The number of hydrogen-bond donors (Lipinski definition) is 1. The van der Waals surface area contributed by atoms with E-state index in [1.165, 1.54) is 18.2 Å². The Hall–Kier alpha value is -2.08. The summed E-state index contributed by atoms with van der Waals surface area (Å²) in [5.41, 5.74) is 2.66. The molecule has 0 heterocycles. The molecule has 0 aromatic heterocycles. The molecule has 1 N–H and O–H groups in total. The van der Waals surface area contributed by atoms with E-state index in [9.17, 15) is 9.18 Å². The molecule has 150 valence electrons. The first-order chi connectivity index (χ1) is 13.8. The highest BCUT2D eigenvalue weighted by Gasteiger charge is 2.13. The number of benzene rings is 3. The Bertz CT molecular complexity index is 1040. The summed E-state index contributed by atoms with van der Waals surface area (Å²) >= 11 is 15.8. The topological polar surface area (TPSA) is 46.5 Å². The molecule has 3 aromatic carbocycles. The molecule has 0 aliphatic heterocycles. The predicted octanol–water partition coefficient (Wildman–Crippen LogP) is 6.96. The van der Waals surface area contributed by atoms with E-state index < -0.39 is 5.97 Å². The van der Waals surface area contributed by atoms with Crippen LogP contribution in [0.2, 0.25) is 10.0 Å². The molecule has 29 heavy (non-hydrogen) atoms. The van der Waals surface area contributed by atoms with Gasteiger partial charge in [-0.1, -0.05) is 35.3 Å². The summed E-state index contributed by atoms with van der Waals surface area (Å²) in [6, 6.07) is 14.4. The van der Waals surface area contributed by atoms with Crippen LogP contribution in [0.1, 0.15) is 27.0 Å². The van der Waals surface area contributed by atoms with Crippen molar-refractivity contribution in [3.63, 3.8) is 0 Å². The highest BCUT2D eigenvalue weighted by Crippen LogP contribution is 2.34. The second-order valence-corrected chi connectivity index (χ2v) is 8.10. The van der Waals surface area contributed by atoms with E-state index >= 15 is 0 Å². The minimum Gasteiger partial charge on any atom is -0.487 e. The van der Waals surface area contributed by atoms with Crippen LogP contribution in [-0.2, 0) is 19.4 Å². The number of ether oxygens (including phenoxy) is 1. The third-order valence-corrected chi connectivity index (χ3v) is 5.52. The van der Waals surface area contributed by atoms with Gasteiger partial charge in [0.15, 0.2) is 0 Å². The first-order valence-electron chi connectivity index (χ1n) is 8.70. The standard InChI is InChI=1S/C22H16BrCl2FO3/c23-19-11-17(24)9-15(6-3-13-1-4-14(5-2-13)22(27)28)21(19)29-12-16-10-18(26)7-8-20(16)25/h1-2,4-5,7-11H,3,6,12H2,(H,27,28). The molecule has 0 amide bonds. The maximum Gasteiger partial charge on any atom is 0.335 e. The zero-order valence-corrected chi connectivity index (χ0v) is 18.2. The van der Waals surface area contributed by atoms with Crippen molar-refractivity contribution in [2.75, 3.05) is 0 Å². The Morgan fingerprint density at radius 2 is 1.72 bits per heavy atom. The highest BCUT2D eigenvalue weighted by atomic mass is 79.9. The van der Waals surface area contributed by atoms with E-state index in [2.05, 4.69) is 15.9 Å². The zero-order chi connectivity index (χ0) is 21.0. The number of carbonyl (C=O) groups is 1. The maximum atomic E-state index is 13.5. The van der Waals surface area contributed by atoms with Crippen LogP contribution >= 0.6 is 39.1 Å². The zero-order valence-electron chi connectivity index (χ0n) is 15.1. The molecule has 3 aromatic rings. The third-order valence-electron chi connectivity index (χ3n) is 4.35. The lowest BCUT2D eigenvalue weighted by Gasteiger charge is -2.15. The van der Waals surface area contributed by atoms with Crippen LogP contribution in [0.25, 0.3) is 0 Å². The van der Waals surface area contributed by atoms with Gasteiger partial charge < -0.3 is 9.84 Å². The van der Waals surface area contributed by atoms with Crippen molar-refractivity contribution in [3.05, 3.63) is 97.2 Å². The summed E-state index contributed by atoms with van der Waals surface area (Å²) in [6.45, 7) is 0.108. The first-order valence-corrected chi connectivity index (χ1v) is 10.3. The second kappa shape index (κ2) is 9.61. The lowest BCUT2D eigenvalue weighted by molar-refractivity contribution is 0.0697. The van der Waals surface area contributed by atoms with E-state index in [1.54, 1.807) is 30.3 Å². The van der Waals surface area contributed by atoms with Gasteiger partial charge in [0.2, 0.25) is 0 Å². The average Bonchev–Trinajstić information content (AvgIpc) is 2.68. The Kier molecular flexibility index (Phi) is 7.17. The summed E-state index contributed by atoms with van der Waals surface area (Å²) in [5, 5.41) is 9.99.